The number of aromatic amines is 1. The number of rotatable bonds is 4. The molecule has 0 bridgehead atoms. The summed E-state index contributed by atoms with van der Waals surface area (Å²) >= 11 is 5.94. The molecule has 4 rings (SSSR count). The summed E-state index contributed by atoms with van der Waals surface area (Å²) in [5.74, 6) is 0. The van der Waals surface area contributed by atoms with Crippen LogP contribution in [0.3, 0.4) is 0 Å². The van der Waals surface area contributed by atoms with E-state index >= 15 is 0 Å². The van der Waals surface area contributed by atoms with Gasteiger partial charge in [-0.1, -0.05) is 41.9 Å². The van der Waals surface area contributed by atoms with Crippen LogP contribution in [0.25, 0.3) is 10.9 Å². The summed E-state index contributed by atoms with van der Waals surface area (Å²) in [4.78, 5) is 3.64. The molecule has 0 fully saturated rings. The van der Waals surface area contributed by atoms with Gasteiger partial charge in [-0.05, 0) is 61.6 Å². The highest BCUT2D eigenvalue weighted by atomic mass is 35.5. The SMILES string of the molecule is Clc1ccc(CCNC2CCCc3c2[nH]c2ccccc32)cc1. The van der Waals surface area contributed by atoms with E-state index in [2.05, 4.69) is 46.7 Å². The van der Waals surface area contributed by atoms with Gasteiger partial charge in [0.25, 0.3) is 0 Å². The van der Waals surface area contributed by atoms with Crippen LogP contribution in [0, 0.1) is 0 Å². The van der Waals surface area contributed by atoms with Crippen molar-refractivity contribution < 1.29 is 0 Å². The number of nitrogens with one attached hydrogen (secondary N) is 2. The largest absolute Gasteiger partial charge is 0.357 e. The van der Waals surface area contributed by atoms with Crippen molar-refractivity contribution in [1.82, 2.24) is 10.3 Å². The predicted molar refractivity (Wildman–Crippen MR) is 97.1 cm³/mol. The van der Waals surface area contributed by atoms with Crippen LogP contribution in [-0.2, 0) is 12.8 Å². The lowest BCUT2D eigenvalue weighted by atomic mass is 9.91. The van der Waals surface area contributed by atoms with E-state index < -0.39 is 0 Å². The lowest BCUT2D eigenvalue weighted by Gasteiger charge is -2.24. The molecule has 0 amide bonds. The molecule has 0 saturated carbocycles. The average molecular weight is 325 g/mol. The zero-order valence-corrected chi connectivity index (χ0v) is 13.9. The van der Waals surface area contributed by atoms with Gasteiger partial charge in [0.05, 0.1) is 0 Å². The van der Waals surface area contributed by atoms with Crippen molar-refractivity contribution >= 4 is 22.5 Å². The van der Waals surface area contributed by atoms with Crippen molar-refractivity contribution in [3.63, 3.8) is 0 Å². The minimum atomic E-state index is 0.443. The van der Waals surface area contributed by atoms with Gasteiger partial charge in [-0.25, -0.2) is 0 Å². The van der Waals surface area contributed by atoms with Gasteiger partial charge in [-0.15, -0.1) is 0 Å². The van der Waals surface area contributed by atoms with Crippen LogP contribution >= 0.6 is 11.6 Å². The van der Waals surface area contributed by atoms with E-state index in [1.165, 1.54) is 47.0 Å². The molecule has 1 aromatic heterocycles. The third kappa shape index (κ3) is 3.01. The molecule has 0 radical (unpaired) electrons. The molecule has 23 heavy (non-hydrogen) atoms. The van der Waals surface area contributed by atoms with E-state index in [-0.39, 0.29) is 0 Å². The summed E-state index contributed by atoms with van der Waals surface area (Å²) in [6.07, 6.45) is 4.69. The minimum Gasteiger partial charge on any atom is -0.357 e. The summed E-state index contributed by atoms with van der Waals surface area (Å²) in [5, 5.41) is 5.94. The summed E-state index contributed by atoms with van der Waals surface area (Å²) < 4.78 is 0. The van der Waals surface area contributed by atoms with Gasteiger partial charge in [-0.2, -0.15) is 0 Å². The number of aryl methyl sites for hydroxylation is 1. The first-order valence-corrected chi connectivity index (χ1v) is 8.76. The molecular formula is C20H21ClN2. The number of hydrogen-bond acceptors (Lipinski definition) is 1. The van der Waals surface area contributed by atoms with E-state index in [9.17, 15) is 0 Å². The lowest BCUT2D eigenvalue weighted by Crippen LogP contribution is -2.27. The fraction of sp³-hybridized carbons (Fsp3) is 0.300. The molecule has 1 aliphatic carbocycles. The van der Waals surface area contributed by atoms with E-state index in [4.69, 9.17) is 11.6 Å². The van der Waals surface area contributed by atoms with Crippen LogP contribution in [0.1, 0.15) is 35.7 Å². The molecule has 118 valence electrons. The highest BCUT2D eigenvalue weighted by Gasteiger charge is 2.23. The number of H-pyrrole nitrogens is 1. The standard InChI is InChI=1S/C20H21ClN2/c21-15-10-8-14(9-11-15)12-13-22-19-7-3-5-17-16-4-1-2-6-18(16)23-20(17)19/h1-2,4,6,8-11,19,22-23H,3,5,7,12-13H2. The zero-order valence-electron chi connectivity index (χ0n) is 13.1. The summed E-state index contributed by atoms with van der Waals surface area (Å²) in [6, 6.07) is 17.2. The van der Waals surface area contributed by atoms with Crippen molar-refractivity contribution in [3.8, 4) is 0 Å². The Kier molecular flexibility index (Phi) is 4.11. The first kappa shape index (κ1) is 14.8. The fourth-order valence-electron chi connectivity index (χ4n) is 3.66. The number of para-hydroxylation sites is 1. The van der Waals surface area contributed by atoms with Gasteiger partial charge in [0.2, 0.25) is 0 Å². The Balaban J connectivity index is 1.47. The van der Waals surface area contributed by atoms with Crippen LogP contribution < -0.4 is 5.32 Å². The molecule has 3 aromatic rings. The second-order valence-corrected chi connectivity index (χ2v) is 6.77. The molecule has 2 N–H and O–H groups in total. The van der Waals surface area contributed by atoms with Crippen molar-refractivity contribution in [2.75, 3.05) is 6.54 Å². The van der Waals surface area contributed by atoms with Crippen molar-refractivity contribution in [3.05, 3.63) is 70.4 Å². The Labute approximate surface area is 141 Å². The monoisotopic (exact) mass is 324 g/mol. The summed E-state index contributed by atoms with van der Waals surface area (Å²) in [7, 11) is 0. The molecular weight excluding hydrogens is 304 g/mol. The maximum atomic E-state index is 5.94. The van der Waals surface area contributed by atoms with E-state index in [0.717, 1.165) is 18.0 Å². The lowest BCUT2D eigenvalue weighted by molar-refractivity contribution is 0.456. The quantitative estimate of drug-likeness (QED) is 0.692. The highest BCUT2D eigenvalue weighted by molar-refractivity contribution is 6.30. The molecule has 0 aliphatic heterocycles. The third-order valence-corrected chi connectivity index (χ3v) is 5.08. The maximum absolute atomic E-state index is 5.94. The summed E-state index contributed by atoms with van der Waals surface area (Å²) in [6.45, 7) is 0.987. The van der Waals surface area contributed by atoms with Gasteiger partial charge < -0.3 is 10.3 Å². The fourth-order valence-corrected chi connectivity index (χ4v) is 3.79. The van der Waals surface area contributed by atoms with Crippen molar-refractivity contribution in [2.24, 2.45) is 0 Å². The van der Waals surface area contributed by atoms with Gasteiger partial charge >= 0.3 is 0 Å². The van der Waals surface area contributed by atoms with Crippen LogP contribution in [0.4, 0.5) is 0 Å². The van der Waals surface area contributed by atoms with E-state index in [1.54, 1.807) is 0 Å². The number of halogens is 1. The van der Waals surface area contributed by atoms with Gasteiger partial charge in [0.1, 0.15) is 0 Å². The average Bonchev–Trinajstić information content (AvgIpc) is 2.96. The molecule has 3 heteroatoms. The number of hydrogen-bond donors (Lipinski definition) is 2. The second-order valence-electron chi connectivity index (χ2n) is 6.34. The first-order valence-electron chi connectivity index (χ1n) is 8.38. The van der Waals surface area contributed by atoms with E-state index in [0.29, 0.717) is 6.04 Å². The molecule has 2 nitrogen and oxygen atoms in total. The number of aromatic nitrogens is 1. The Morgan fingerprint density at radius 3 is 2.78 bits per heavy atom. The van der Waals surface area contributed by atoms with Crippen LogP contribution in [0.15, 0.2) is 48.5 Å². The molecule has 1 aliphatic rings. The van der Waals surface area contributed by atoms with E-state index in [1.807, 2.05) is 12.1 Å². The van der Waals surface area contributed by atoms with Crippen LogP contribution in [0.2, 0.25) is 5.02 Å². The Hall–Kier alpha value is -1.77. The molecule has 0 saturated heterocycles. The smallest absolute Gasteiger partial charge is 0.0476 e. The highest BCUT2D eigenvalue weighted by Crippen LogP contribution is 2.34. The van der Waals surface area contributed by atoms with Crippen molar-refractivity contribution in [2.45, 2.75) is 31.7 Å². The zero-order chi connectivity index (χ0) is 15.6. The predicted octanol–water partition coefficient (Wildman–Crippen LogP) is 5.03. The molecule has 1 unspecified atom stereocenters. The van der Waals surface area contributed by atoms with Crippen LogP contribution in [-0.4, -0.2) is 11.5 Å². The summed E-state index contributed by atoms with van der Waals surface area (Å²) in [5.41, 5.74) is 5.50. The molecule has 0 spiro atoms. The second kappa shape index (κ2) is 6.38. The Morgan fingerprint density at radius 2 is 1.91 bits per heavy atom. The number of fused-ring (bicyclic) bond motifs is 3. The minimum absolute atomic E-state index is 0.443. The van der Waals surface area contributed by atoms with Crippen LogP contribution in [0.5, 0.6) is 0 Å². The maximum Gasteiger partial charge on any atom is 0.0476 e. The third-order valence-electron chi connectivity index (χ3n) is 4.83. The normalized spacial score (nSPS) is 17.3. The molecule has 2 aromatic carbocycles. The number of benzene rings is 2. The van der Waals surface area contributed by atoms with Crippen molar-refractivity contribution in [1.29, 1.82) is 0 Å². The molecule has 1 atom stereocenters. The molecule has 1 heterocycles. The van der Waals surface area contributed by atoms with Gasteiger partial charge in [-0.3, -0.25) is 0 Å². The van der Waals surface area contributed by atoms with Gasteiger partial charge in [0, 0.05) is 27.7 Å². The Morgan fingerprint density at radius 1 is 1.09 bits per heavy atom. The van der Waals surface area contributed by atoms with Gasteiger partial charge in [0.15, 0.2) is 0 Å². The first-order chi connectivity index (χ1) is 11.3. The topological polar surface area (TPSA) is 27.8 Å². The Bertz CT molecular complexity index is 804.